The Morgan fingerprint density at radius 2 is 2.16 bits per heavy atom. The third-order valence-corrected chi connectivity index (χ3v) is 3.11. The zero-order chi connectivity index (χ0) is 14.4. The number of primary amides is 1. The smallest absolute Gasteiger partial charge is 0.326 e. The van der Waals surface area contributed by atoms with Crippen LogP contribution in [0.25, 0.3) is 0 Å². The van der Waals surface area contributed by atoms with Crippen molar-refractivity contribution in [2.24, 2.45) is 11.5 Å². The molecule has 6 N–H and O–H groups in total. The van der Waals surface area contributed by atoms with Crippen LogP contribution >= 0.6 is 11.3 Å². The fourth-order valence-corrected chi connectivity index (χ4v) is 1.94. The summed E-state index contributed by atoms with van der Waals surface area (Å²) in [6.07, 6.45) is -0.188. The Kier molecular flexibility index (Phi) is 5.39. The number of carbonyl (C=O) groups is 3. The second kappa shape index (κ2) is 6.81. The van der Waals surface area contributed by atoms with Gasteiger partial charge in [-0.15, -0.1) is 11.3 Å². The van der Waals surface area contributed by atoms with Crippen molar-refractivity contribution in [3.63, 3.8) is 0 Å². The van der Waals surface area contributed by atoms with Crippen LogP contribution in [0, 0.1) is 0 Å². The monoisotopic (exact) mass is 286 g/mol. The topological polar surface area (TPSA) is 148 Å². The number of aliphatic carboxylic acids is 1. The maximum absolute atomic E-state index is 11.7. The van der Waals surface area contributed by atoms with E-state index in [1.807, 2.05) is 0 Å². The van der Waals surface area contributed by atoms with Crippen molar-refractivity contribution in [1.82, 2.24) is 10.3 Å². The normalized spacial score (nSPS) is 11.8. The molecule has 19 heavy (non-hydrogen) atoms. The van der Waals surface area contributed by atoms with Gasteiger partial charge in [-0.25, -0.2) is 9.78 Å². The van der Waals surface area contributed by atoms with Crippen LogP contribution in [0.2, 0.25) is 0 Å². The quantitative estimate of drug-likeness (QED) is 0.508. The lowest BCUT2D eigenvalue weighted by atomic mass is 10.1. The first-order chi connectivity index (χ1) is 8.93. The predicted octanol–water partition coefficient (Wildman–Crippen LogP) is -0.950. The molecule has 1 atom stereocenters. The van der Waals surface area contributed by atoms with Gasteiger partial charge in [0.1, 0.15) is 16.7 Å². The Balaban J connectivity index is 2.65. The van der Waals surface area contributed by atoms with Crippen molar-refractivity contribution in [2.75, 3.05) is 0 Å². The van der Waals surface area contributed by atoms with Gasteiger partial charge in [0.2, 0.25) is 5.91 Å². The van der Waals surface area contributed by atoms with E-state index in [0.717, 1.165) is 0 Å². The number of thiazole rings is 1. The number of rotatable bonds is 7. The number of aromatic nitrogens is 1. The van der Waals surface area contributed by atoms with Gasteiger partial charge in [0.25, 0.3) is 5.91 Å². The number of carboxylic acids is 1. The average molecular weight is 286 g/mol. The van der Waals surface area contributed by atoms with Crippen LogP contribution in [0.1, 0.15) is 28.3 Å². The summed E-state index contributed by atoms with van der Waals surface area (Å²) in [6.45, 7) is 0.210. The van der Waals surface area contributed by atoms with E-state index in [1.165, 1.54) is 16.7 Å². The molecule has 0 saturated carbocycles. The highest BCUT2D eigenvalue weighted by Gasteiger charge is 2.22. The molecule has 1 rings (SSSR count). The zero-order valence-corrected chi connectivity index (χ0v) is 10.8. The maximum atomic E-state index is 11.7. The van der Waals surface area contributed by atoms with Crippen LogP contribution < -0.4 is 16.8 Å². The Morgan fingerprint density at radius 1 is 1.47 bits per heavy atom. The summed E-state index contributed by atoms with van der Waals surface area (Å²) < 4.78 is 0. The van der Waals surface area contributed by atoms with Crippen LogP contribution in [0.5, 0.6) is 0 Å². The summed E-state index contributed by atoms with van der Waals surface area (Å²) in [4.78, 5) is 37.2. The van der Waals surface area contributed by atoms with Crippen LogP contribution in [0.3, 0.4) is 0 Å². The number of nitrogens with one attached hydrogen (secondary N) is 1. The molecule has 1 heterocycles. The van der Waals surface area contributed by atoms with Gasteiger partial charge in [-0.05, 0) is 6.42 Å². The molecule has 0 bridgehead atoms. The van der Waals surface area contributed by atoms with Crippen molar-refractivity contribution >= 4 is 29.1 Å². The van der Waals surface area contributed by atoms with Gasteiger partial charge in [-0.1, -0.05) is 0 Å². The molecule has 0 unspecified atom stereocenters. The molecule has 8 nitrogen and oxygen atoms in total. The number of nitrogens with zero attached hydrogens (tertiary/aromatic N) is 1. The molecule has 0 spiro atoms. The van der Waals surface area contributed by atoms with E-state index in [4.69, 9.17) is 16.6 Å². The highest BCUT2D eigenvalue weighted by atomic mass is 32.1. The lowest BCUT2D eigenvalue weighted by Crippen LogP contribution is -2.41. The Morgan fingerprint density at radius 3 is 2.63 bits per heavy atom. The number of carboxylic acid groups (broad SMARTS) is 1. The largest absolute Gasteiger partial charge is 0.480 e. The molecule has 1 aromatic rings. The van der Waals surface area contributed by atoms with Crippen LogP contribution in [0.4, 0.5) is 0 Å². The molecule has 0 aliphatic carbocycles. The van der Waals surface area contributed by atoms with Gasteiger partial charge in [-0.3, -0.25) is 9.59 Å². The highest BCUT2D eigenvalue weighted by Crippen LogP contribution is 2.09. The lowest BCUT2D eigenvalue weighted by molar-refractivity contribution is -0.139. The van der Waals surface area contributed by atoms with Crippen molar-refractivity contribution in [3.05, 3.63) is 16.1 Å². The number of amides is 2. The van der Waals surface area contributed by atoms with Crippen LogP contribution in [0.15, 0.2) is 5.38 Å². The fourth-order valence-electron chi connectivity index (χ4n) is 1.29. The molecular formula is C10H14N4O4S. The molecule has 0 saturated heterocycles. The summed E-state index contributed by atoms with van der Waals surface area (Å²) in [7, 11) is 0. The molecule has 0 fully saturated rings. The third kappa shape index (κ3) is 4.64. The first-order valence-corrected chi connectivity index (χ1v) is 6.28. The highest BCUT2D eigenvalue weighted by molar-refractivity contribution is 7.09. The minimum atomic E-state index is -1.23. The molecular weight excluding hydrogens is 272 g/mol. The predicted molar refractivity (Wildman–Crippen MR) is 67.3 cm³/mol. The minimum Gasteiger partial charge on any atom is -0.480 e. The molecule has 1 aromatic heterocycles. The first kappa shape index (κ1) is 15.1. The summed E-state index contributed by atoms with van der Waals surface area (Å²) in [5.74, 6) is -2.48. The van der Waals surface area contributed by atoms with Crippen molar-refractivity contribution < 1.29 is 19.5 Å². The Bertz CT molecular complexity index is 488. The Hall–Kier alpha value is -2.00. The van der Waals surface area contributed by atoms with Gasteiger partial charge >= 0.3 is 5.97 Å². The number of hydrogen-bond acceptors (Lipinski definition) is 6. The Labute approximate surface area is 112 Å². The molecule has 0 aliphatic heterocycles. The zero-order valence-electron chi connectivity index (χ0n) is 9.96. The van der Waals surface area contributed by atoms with Crippen molar-refractivity contribution in [2.45, 2.75) is 25.4 Å². The standard InChI is InChI=1S/C10H14N4O4S/c11-3-8-13-6(4-19-8)9(16)14-5(10(17)18)1-2-7(12)15/h4-5H,1-3,11H2,(H2,12,15)(H,14,16)(H,17,18)/t5-/m1/s1. The SMILES string of the molecule is NCc1nc(C(=O)N[C@H](CCC(N)=O)C(=O)O)cs1. The van der Waals surface area contributed by atoms with E-state index in [-0.39, 0.29) is 25.1 Å². The number of nitrogens with two attached hydrogens (primary N) is 2. The second-order valence-corrected chi connectivity index (χ2v) is 4.64. The van der Waals surface area contributed by atoms with E-state index in [0.29, 0.717) is 5.01 Å². The number of carbonyl (C=O) groups excluding carboxylic acids is 2. The van der Waals surface area contributed by atoms with E-state index >= 15 is 0 Å². The van der Waals surface area contributed by atoms with Crippen molar-refractivity contribution in [3.8, 4) is 0 Å². The average Bonchev–Trinajstić information content (AvgIpc) is 2.82. The molecule has 0 aliphatic rings. The van der Waals surface area contributed by atoms with Gasteiger partial charge in [0.05, 0.1) is 0 Å². The van der Waals surface area contributed by atoms with Crippen molar-refractivity contribution in [1.29, 1.82) is 0 Å². The van der Waals surface area contributed by atoms with Gasteiger partial charge in [0.15, 0.2) is 0 Å². The molecule has 9 heteroatoms. The van der Waals surface area contributed by atoms with E-state index in [2.05, 4.69) is 10.3 Å². The first-order valence-electron chi connectivity index (χ1n) is 5.40. The van der Waals surface area contributed by atoms with E-state index in [9.17, 15) is 14.4 Å². The summed E-state index contributed by atoms with van der Waals surface area (Å²) in [5.41, 5.74) is 10.4. The van der Waals surface area contributed by atoms with Gasteiger partial charge < -0.3 is 21.9 Å². The summed E-state index contributed by atoms with van der Waals surface area (Å²) in [6, 6.07) is -1.18. The molecule has 2 amide bonds. The second-order valence-electron chi connectivity index (χ2n) is 3.70. The van der Waals surface area contributed by atoms with Crippen LogP contribution in [-0.4, -0.2) is 33.9 Å². The molecule has 0 radical (unpaired) electrons. The van der Waals surface area contributed by atoms with Gasteiger partial charge in [0, 0.05) is 18.3 Å². The maximum Gasteiger partial charge on any atom is 0.326 e. The van der Waals surface area contributed by atoms with E-state index in [1.54, 1.807) is 0 Å². The summed E-state index contributed by atoms with van der Waals surface area (Å²) >= 11 is 1.21. The van der Waals surface area contributed by atoms with E-state index < -0.39 is 23.8 Å². The van der Waals surface area contributed by atoms with Gasteiger partial charge in [-0.2, -0.15) is 0 Å². The van der Waals surface area contributed by atoms with Crippen LogP contribution in [-0.2, 0) is 16.1 Å². The third-order valence-electron chi connectivity index (χ3n) is 2.24. The summed E-state index contributed by atoms with van der Waals surface area (Å²) in [5, 5.41) is 13.3. The number of hydrogen-bond donors (Lipinski definition) is 4. The fraction of sp³-hybridized carbons (Fsp3) is 0.400. The lowest BCUT2D eigenvalue weighted by Gasteiger charge is -2.12. The molecule has 104 valence electrons. The molecule has 0 aromatic carbocycles. The minimum absolute atomic E-state index is 0.0652.